The number of hydrogen-bond donors (Lipinski definition) is 0. The van der Waals surface area contributed by atoms with Crippen molar-refractivity contribution in [1.82, 2.24) is 0 Å². The van der Waals surface area contributed by atoms with Crippen LogP contribution in [0.5, 0.6) is 0 Å². The lowest BCUT2D eigenvalue weighted by atomic mass is 10.3. The van der Waals surface area contributed by atoms with E-state index in [2.05, 4.69) is 0 Å². The first-order chi connectivity index (χ1) is 6.24. The zero-order valence-corrected chi connectivity index (χ0v) is 7.05. The van der Waals surface area contributed by atoms with Gasteiger partial charge in [-0.15, -0.1) is 0 Å². The van der Waals surface area contributed by atoms with Gasteiger partial charge in [-0.25, -0.2) is 4.39 Å². The molecule has 0 saturated heterocycles. The van der Waals surface area contributed by atoms with E-state index in [9.17, 15) is 8.78 Å². The van der Waals surface area contributed by atoms with Crippen LogP contribution in [0.1, 0.15) is 6.92 Å². The van der Waals surface area contributed by atoms with E-state index < -0.39 is 11.6 Å². The molecular formula is C9H8F2NO+. The predicted molar refractivity (Wildman–Crippen MR) is 42.0 cm³/mol. The SMILES string of the molecule is CC[n+]1coc2ccc(F)c(F)c21. The summed E-state index contributed by atoms with van der Waals surface area (Å²) in [5.41, 5.74) is 0.545. The number of halogens is 2. The number of benzene rings is 1. The number of fused-ring (bicyclic) bond motifs is 1. The van der Waals surface area contributed by atoms with Gasteiger partial charge in [0.05, 0.1) is 0 Å². The second-order valence-electron chi connectivity index (χ2n) is 2.72. The van der Waals surface area contributed by atoms with E-state index in [0.717, 1.165) is 6.07 Å². The Labute approximate surface area is 73.4 Å². The van der Waals surface area contributed by atoms with Crippen molar-refractivity contribution in [2.75, 3.05) is 0 Å². The molecule has 1 heterocycles. The molecule has 0 amide bonds. The van der Waals surface area contributed by atoms with Crippen molar-refractivity contribution in [3.8, 4) is 0 Å². The van der Waals surface area contributed by atoms with E-state index in [4.69, 9.17) is 4.42 Å². The van der Waals surface area contributed by atoms with Gasteiger partial charge in [0.1, 0.15) is 6.54 Å². The van der Waals surface area contributed by atoms with Gasteiger partial charge in [0.25, 0.3) is 5.52 Å². The van der Waals surface area contributed by atoms with E-state index in [1.807, 2.05) is 6.92 Å². The molecule has 0 aliphatic rings. The molecule has 1 aromatic carbocycles. The van der Waals surface area contributed by atoms with E-state index in [0.29, 0.717) is 12.1 Å². The first kappa shape index (κ1) is 8.16. The molecule has 0 atom stereocenters. The third-order valence-electron chi connectivity index (χ3n) is 1.97. The molecule has 2 aromatic rings. The van der Waals surface area contributed by atoms with Gasteiger partial charge in [0.15, 0.2) is 5.82 Å². The van der Waals surface area contributed by atoms with Gasteiger partial charge < -0.3 is 4.42 Å². The Morgan fingerprint density at radius 1 is 1.38 bits per heavy atom. The van der Waals surface area contributed by atoms with Crippen molar-refractivity contribution in [3.05, 3.63) is 30.2 Å². The van der Waals surface area contributed by atoms with Crippen molar-refractivity contribution in [2.45, 2.75) is 13.5 Å². The van der Waals surface area contributed by atoms with E-state index in [-0.39, 0.29) is 5.52 Å². The maximum Gasteiger partial charge on any atom is 0.335 e. The maximum atomic E-state index is 13.2. The lowest BCUT2D eigenvalue weighted by Gasteiger charge is -1.90. The molecule has 0 aliphatic heterocycles. The summed E-state index contributed by atoms with van der Waals surface area (Å²) in [5.74, 6) is -1.70. The zero-order valence-electron chi connectivity index (χ0n) is 7.05. The van der Waals surface area contributed by atoms with Crippen LogP contribution in [-0.4, -0.2) is 0 Å². The van der Waals surface area contributed by atoms with Crippen molar-refractivity contribution in [1.29, 1.82) is 0 Å². The molecule has 0 spiro atoms. The molecular weight excluding hydrogens is 176 g/mol. The van der Waals surface area contributed by atoms with Gasteiger partial charge in [-0.3, -0.25) is 0 Å². The highest BCUT2D eigenvalue weighted by atomic mass is 19.2. The Balaban J connectivity index is 2.85. The lowest BCUT2D eigenvalue weighted by molar-refractivity contribution is -0.673. The van der Waals surface area contributed by atoms with Crippen LogP contribution in [0.4, 0.5) is 8.78 Å². The molecule has 0 aliphatic carbocycles. The fraction of sp³-hybridized carbons (Fsp3) is 0.222. The molecule has 0 bridgehead atoms. The number of hydrogen-bond acceptors (Lipinski definition) is 1. The van der Waals surface area contributed by atoms with Crippen molar-refractivity contribution in [2.24, 2.45) is 0 Å². The average molecular weight is 184 g/mol. The summed E-state index contributed by atoms with van der Waals surface area (Å²) in [6, 6.07) is 2.47. The number of aryl methyl sites for hydroxylation is 1. The molecule has 0 unspecified atom stereocenters. The minimum atomic E-state index is -0.854. The maximum absolute atomic E-state index is 13.2. The summed E-state index contributed by atoms with van der Waals surface area (Å²) in [7, 11) is 0. The molecule has 4 heteroatoms. The van der Waals surface area contributed by atoms with Crippen LogP contribution in [0.15, 0.2) is 22.9 Å². The van der Waals surface area contributed by atoms with Crippen LogP contribution in [0.2, 0.25) is 0 Å². The number of rotatable bonds is 1. The van der Waals surface area contributed by atoms with Crippen LogP contribution in [0.3, 0.4) is 0 Å². The Bertz CT molecular complexity index is 450. The first-order valence-corrected chi connectivity index (χ1v) is 3.98. The van der Waals surface area contributed by atoms with Gasteiger partial charge in [-0.1, -0.05) is 0 Å². The van der Waals surface area contributed by atoms with E-state index in [1.165, 1.54) is 17.0 Å². The summed E-state index contributed by atoms with van der Waals surface area (Å²) in [4.78, 5) is 0. The first-order valence-electron chi connectivity index (χ1n) is 3.98. The van der Waals surface area contributed by atoms with Crippen LogP contribution < -0.4 is 4.57 Å². The zero-order chi connectivity index (χ0) is 9.42. The highest BCUT2D eigenvalue weighted by Crippen LogP contribution is 2.17. The minimum absolute atomic E-state index is 0.183. The number of aromatic nitrogens is 1. The van der Waals surface area contributed by atoms with Crippen molar-refractivity contribution >= 4 is 11.1 Å². The monoisotopic (exact) mass is 184 g/mol. The Morgan fingerprint density at radius 3 is 2.85 bits per heavy atom. The molecule has 2 rings (SSSR count). The number of oxazole rings is 1. The number of nitrogens with zero attached hydrogens (tertiary/aromatic N) is 1. The summed E-state index contributed by atoms with van der Waals surface area (Å²) in [5, 5.41) is 0. The highest BCUT2D eigenvalue weighted by molar-refractivity contribution is 5.69. The Hall–Kier alpha value is -1.45. The molecule has 1 aromatic heterocycles. The summed E-state index contributed by atoms with van der Waals surface area (Å²) in [6.07, 6.45) is 1.38. The largest absolute Gasteiger partial charge is 0.403 e. The van der Waals surface area contributed by atoms with Gasteiger partial charge in [0.2, 0.25) is 11.4 Å². The topological polar surface area (TPSA) is 17.0 Å². The molecule has 2 nitrogen and oxygen atoms in total. The highest BCUT2D eigenvalue weighted by Gasteiger charge is 2.20. The summed E-state index contributed by atoms with van der Waals surface area (Å²) in [6.45, 7) is 2.38. The third kappa shape index (κ3) is 1.09. The minimum Gasteiger partial charge on any atom is -0.403 e. The fourth-order valence-corrected chi connectivity index (χ4v) is 1.29. The Morgan fingerprint density at radius 2 is 2.15 bits per heavy atom. The van der Waals surface area contributed by atoms with Crippen LogP contribution >= 0.6 is 0 Å². The lowest BCUT2D eigenvalue weighted by Crippen LogP contribution is -2.30. The predicted octanol–water partition coefficient (Wildman–Crippen LogP) is 2.02. The second kappa shape index (κ2) is 2.80. The van der Waals surface area contributed by atoms with Crippen molar-refractivity contribution < 1.29 is 17.8 Å². The smallest absolute Gasteiger partial charge is 0.335 e. The second-order valence-corrected chi connectivity index (χ2v) is 2.72. The van der Waals surface area contributed by atoms with Crippen LogP contribution in [0, 0.1) is 11.6 Å². The van der Waals surface area contributed by atoms with Crippen LogP contribution in [-0.2, 0) is 6.54 Å². The van der Waals surface area contributed by atoms with Gasteiger partial charge in [-0.2, -0.15) is 8.96 Å². The molecule has 0 radical (unpaired) electrons. The summed E-state index contributed by atoms with van der Waals surface area (Å²) >= 11 is 0. The van der Waals surface area contributed by atoms with Crippen molar-refractivity contribution in [3.63, 3.8) is 0 Å². The van der Waals surface area contributed by atoms with E-state index >= 15 is 0 Å². The Kier molecular flexibility index (Phi) is 1.76. The molecule has 0 saturated carbocycles. The van der Waals surface area contributed by atoms with Crippen LogP contribution in [0.25, 0.3) is 11.1 Å². The molecule has 68 valence electrons. The van der Waals surface area contributed by atoms with Gasteiger partial charge in [0, 0.05) is 0 Å². The average Bonchev–Trinajstić information content (AvgIpc) is 2.55. The molecule has 0 fully saturated rings. The standard InChI is InChI=1S/C9H8F2NO/c1-2-12-5-13-7-4-3-6(10)8(11)9(7)12/h3-5H,2H2,1H3/q+1. The van der Waals surface area contributed by atoms with Gasteiger partial charge >= 0.3 is 6.39 Å². The molecule has 13 heavy (non-hydrogen) atoms. The fourth-order valence-electron chi connectivity index (χ4n) is 1.29. The third-order valence-corrected chi connectivity index (χ3v) is 1.97. The quantitative estimate of drug-likeness (QED) is 0.619. The van der Waals surface area contributed by atoms with Gasteiger partial charge in [-0.05, 0) is 19.1 Å². The van der Waals surface area contributed by atoms with E-state index in [1.54, 1.807) is 0 Å². The normalized spacial score (nSPS) is 11.0. The summed E-state index contributed by atoms with van der Waals surface area (Å²) < 4.78 is 32.6. The molecule has 0 N–H and O–H groups in total.